The first-order valence-electron chi connectivity index (χ1n) is 8.49. The summed E-state index contributed by atoms with van der Waals surface area (Å²) in [6.07, 6.45) is 0.807. The maximum atomic E-state index is 12.7. The summed E-state index contributed by atoms with van der Waals surface area (Å²) in [6, 6.07) is 13.4. The molecule has 146 valence electrons. The van der Waals surface area contributed by atoms with Crippen LogP contribution in [0.4, 0.5) is 5.69 Å². The third-order valence-electron chi connectivity index (χ3n) is 4.67. The molecule has 6 nitrogen and oxygen atoms in total. The van der Waals surface area contributed by atoms with Crippen LogP contribution in [0.1, 0.15) is 22.3 Å². The average Bonchev–Trinajstić information content (AvgIpc) is 3.07. The van der Waals surface area contributed by atoms with Gasteiger partial charge >= 0.3 is 0 Å². The Bertz CT molecular complexity index is 899. The van der Waals surface area contributed by atoms with E-state index in [-0.39, 0.29) is 29.3 Å². The van der Waals surface area contributed by atoms with Crippen molar-refractivity contribution in [3.63, 3.8) is 0 Å². The largest absolute Gasteiger partial charge is 0.337 e. The van der Waals surface area contributed by atoms with E-state index in [1.165, 1.54) is 11.4 Å². The van der Waals surface area contributed by atoms with Crippen molar-refractivity contribution in [2.24, 2.45) is 5.73 Å². The van der Waals surface area contributed by atoms with E-state index in [1.807, 2.05) is 6.92 Å². The van der Waals surface area contributed by atoms with Crippen molar-refractivity contribution in [1.29, 1.82) is 0 Å². The lowest BCUT2D eigenvalue weighted by Crippen LogP contribution is -2.32. The first-order valence-corrected chi connectivity index (χ1v) is 9.93. The van der Waals surface area contributed by atoms with E-state index in [2.05, 4.69) is 0 Å². The molecule has 3 rings (SSSR count). The molecule has 1 aliphatic rings. The molecule has 0 radical (unpaired) electrons. The Hall–Kier alpha value is -2.09. The Balaban J connectivity index is 0.00000261. The number of nitrogens with zero attached hydrogens (tertiary/aromatic N) is 2. The zero-order chi connectivity index (χ0) is 18.9. The Labute approximate surface area is 166 Å². The van der Waals surface area contributed by atoms with Gasteiger partial charge in [0.15, 0.2) is 0 Å². The van der Waals surface area contributed by atoms with Gasteiger partial charge in [-0.3, -0.25) is 9.10 Å². The van der Waals surface area contributed by atoms with Crippen molar-refractivity contribution in [1.82, 2.24) is 4.90 Å². The molecule has 1 saturated heterocycles. The molecule has 0 aromatic heterocycles. The molecule has 0 spiro atoms. The van der Waals surface area contributed by atoms with Gasteiger partial charge in [-0.2, -0.15) is 0 Å². The van der Waals surface area contributed by atoms with Gasteiger partial charge in [-0.1, -0.05) is 17.7 Å². The van der Waals surface area contributed by atoms with Crippen LogP contribution in [0.2, 0.25) is 0 Å². The fourth-order valence-electron chi connectivity index (χ4n) is 2.98. The number of amides is 1. The molecule has 1 heterocycles. The summed E-state index contributed by atoms with van der Waals surface area (Å²) in [5.74, 6) is -0.0754. The minimum absolute atomic E-state index is 0. The summed E-state index contributed by atoms with van der Waals surface area (Å²) >= 11 is 0. The molecule has 2 N–H and O–H groups in total. The molecule has 0 saturated carbocycles. The monoisotopic (exact) mass is 409 g/mol. The number of carbonyl (C=O) groups excluding carboxylic acids is 1. The molecule has 1 fully saturated rings. The van der Waals surface area contributed by atoms with Crippen molar-refractivity contribution in [2.75, 3.05) is 24.4 Å². The number of sulfonamides is 1. The van der Waals surface area contributed by atoms with Crippen LogP contribution in [0.15, 0.2) is 53.4 Å². The zero-order valence-corrected chi connectivity index (χ0v) is 17.0. The molecule has 1 aliphatic heterocycles. The highest BCUT2D eigenvalue weighted by Crippen LogP contribution is 2.23. The van der Waals surface area contributed by atoms with Crippen LogP contribution in [-0.2, 0) is 10.0 Å². The SMILES string of the molecule is Cc1ccc(S(=O)(=O)N(C)c2ccc(C(=O)N3CC[C@@H](N)C3)cc2)cc1.Cl. The molecular weight excluding hydrogens is 386 g/mol. The minimum atomic E-state index is -3.64. The number of halogens is 1. The summed E-state index contributed by atoms with van der Waals surface area (Å²) in [7, 11) is -2.14. The van der Waals surface area contributed by atoms with Crippen molar-refractivity contribution in [3.8, 4) is 0 Å². The second kappa shape index (κ2) is 8.29. The van der Waals surface area contributed by atoms with Crippen LogP contribution >= 0.6 is 12.4 Å². The number of aryl methyl sites for hydroxylation is 1. The van der Waals surface area contributed by atoms with Gasteiger partial charge in [0.25, 0.3) is 15.9 Å². The van der Waals surface area contributed by atoms with Gasteiger partial charge in [-0.15, -0.1) is 12.4 Å². The minimum Gasteiger partial charge on any atom is -0.337 e. The number of rotatable bonds is 4. The molecule has 8 heteroatoms. The van der Waals surface area contributed by atoms with Gasteiger partial charge in [0.1, 0.15) is 0 Å². The first-order chi connectivity index (χ1) is 12.3. The number of benzene rings is 2. The topological polar surface area (TPSA) is 83.7 Å². The summed E-state index contributed by atoms with van der Waals surface area (Å²) in [5, 5.41) is 0. The Morgan fingerprint density at radius 2 is 1.70 bits per heavy atom. The van der Waals surface area contributed by atoms with Crippen molar-refractivity contribution >= 4 is 34.0 Å². The lowest BCUT2D eigenvalue weighted by molar-refractivity contribution is 0.0791. The first kappa shape index (κ1) is 21.2. The zero-order valence-electron chi connectivity index (χ0n) is 15.3. The molecular formula is C19H24ClN3O3S. The molecule has 0 unspecified atom stereocenters. The lowest BCUT2D eigenvalue weighted by atomic mass is 10.2. The van der Waals surface area contributed by atoms with E-state index < -0.39 is 10.0 Å². The van der Waals surface area contributed by atoms with E-state index in [0.29, 0.717) is 24.3 Å². The predicted octanol–water partition coefficient (Wildman–Crippen LogP) is 2.42. The highest BCUT2D eigenvalue weighted by atomic mass is 35.5. The molecule has 2 aromatic rings. The molecule has 1 amide bonds. The number of anilines is 1. The van der Waals surface area contributed by atoms with Gasteiger partial charge < -0.3 is 10.6 Å². The van der Waals surface area contributed by atoms with Gasteiger partial charge in [0.05, 0.1) is 10.6 Å². The smallest absolute Gasteiger partial charge is 0.264 e. The van der Waals surface area contributed by atoms with Crippen LogP contribution in [-0.4, -0.2) is 45.4 Å². The van der Waals surface area contributed by atoms with Gasteiger partial charge in [-0.25, -0.2) is 8.42 Å². The Kier molecular flexibility index (Phi) is 6.51. The summed E-state index contributed by atoms with van der Waals surface area (Å²) in [4.78, 5) is 14.4. The number of hydrogen-bond donors (Lipinski definition) is 1. The number of hydrogen-bond acceptors (Lipinski definition) is 4. The molecule has 27 heavy (non-hydrogen) atoms. The fourth-order valence-corrected chi connectivity index (χ4v) is 4.17. The average molecular weight is 410 g/mol. The number of carbonyl (C=O) groups is 1. The highest BCUT2D eigenvalue weighted by Gasteiger charge is 2.25. The van der Waals surface area contributed by atoms with Gasteiger partial charge in [0.2, 0.25) is 0 Å². The second-order valence-corrected chi connectivity index (χ2v) is 8.60. The van der Waals surface area contributed by atoms with E-state index in [1.54, 1.807) is 53.4 Å². The lowest BCUT2D eigenvalue weighted by Gasteiger charge is -2.20. The Morgan fingerprint density at radius 1 is 1.11 bits per heavy atom. The van der Waals surface area contributed by atoms with Crippen molar-refractivity contribution < 1.29 is 13.2 Å². The number of likely N-dealkylation sites (tertiary alicyclic amines) is 1. The molecule has 0 bridgehead atoms. The second-order valence-electron chi connectivity index (χ2n) is 6.63. The normalized spacial score (nSPS) is 16.7. The van der Waals surface area contributed by atoms with E-state index in [9.17, 15) is 13.2 Å². The summed E-state index contributed by atoms with van der Waals surface area (Å²) in [5.41, 5.74) is 7.88. The molecule has 1 atom stereocenters. The van der Waals surface area contributed by atoms with Crippen LogP contribution in [0.25, 0.3) is 0 Å². The van der Waals surface area contributed by atoms with Crippen molar-refractivity contribution in [2.45, 2.75) is 24.3 Å². The van der Waals surface area contributed by atoms with E-state index in [4.69, 9.17) is 5.73 Å². The fraction of sp³-hybridized carbons (Fsp3) is 0.316. The summed E-state index contributed by atoms with van der Waals surface area (Å²) in [6.45, 7) is 3.12. The molecule has 0 aliphatic carbocycles. The van der Waals surface area contributed by atoms with Crippen molar-refractivity contribution in [3.05, 3.63) is 59.7 Å². The Morgan fingerprint density at radius 3 is 2.22 bits per heavy atom. The van der Waals surface area contributed by atoms with E-state index >= 15 is 0 Å². The van der Waals surface area contributed by atoms with Gasteiger partial charge in [-0.05, 0) is 49.7 Å². The number of nitrogens with two attached hydrogens (primary N) is 1. The predicted molar refractivity (Wildman–Crippen MR) is 109 cm³/mol. The van der Waals surface area contributed by atoms with Crippen LogP contribution < -0.4 is 10.0 Å². The standard InChI is InChI=1S/C19H23N3O3S.ClH/c1-14-3-9-18(10-4-14)26(24,25)21(2)17-7-5-15(6-8-17)19(23)22-12-11-16(20)13-22;/h3-10,16H,11-13,20H2,1-2H3;1H/t16-;/m1./s1. The quantitative estimate of drug-likeness (QED) is 0.840. The maximum absolute atomic E-state index is 12.7. The van der Waals surface area contributed by atoms with Gasteiger partial charge in [0, 0.05) is 31.7 Å². The molecule has 2 aromatic carbocycles. The van der Waals surface area contributed by atoms with Crippen LogP contribution in [0.3, 0.4) is 0 Å². The van der Waals surface area contributed by atoms with E-state index in [0.717, 1.165) is 12.0 Å². The van der Waals surface area contributed by atoms with Crippen LogP contribution in [0, 0.1) is 6.92 Å². The maximum Gasteiger partial charge on any atom is 0.264 e. The highest BCUT2D eigenvalue weighted by molar-refractivity contribution is 7.92. The third-order valence-corrected chi connectivity index (χ3v) is 6.47. The summed E-state index contributed by atoms with van der Waals surface area (Å²) < 4.78 is 26.7. The third kappa shape index (κ3) is 4.43. The van der Waals surface area contributed by atoms with Crippen LogP contribution in [0.5, 0.6) is 0 Å².